The lowest BCUT2D eigenvalue weighted by Gasteiger charge is -2.41. The van der Waals surface area contributed by atoms with Gasteiger partial charge < -0.3 is 10.0 Å². The first kappa shape index (κ1) is 18.3. The molecule has 1 rings (SSSR count). The average Bonchev–Trinajstić information content (AvgIpc) is 2.09. The van der Waals surface area contributed by atoms with Crippen molar-refractivity contribution in [3.8, 4) is 0 Å². The van der Waals surface area contributed by atoms with Gasteiger partial charge in [0, 0.05) is 25.7 Å². The average molecular weight is 273 g/mol. The van der Waals surface area contributed by atoms with Crippen LogP contribution in [0.1, 0.15) is 20.3 Å². The molecule has 0 bridgehead atoms. The highest BCUT2D eigenvalue weighted by Gasteiger charge is 2.30. The number of nitrogens with zero attached hydrogens (tertiary/aromatic N) is 2. The summed E-state index contributed by atoms with van der Waals surface area (Å²) < 4.78 is 0. The van der Waals surface area contributed by atoms with Crippen molar-refractivity contribution in [2.45, 2.75) is 32.4 Å². The Morgan fingerprint density at radius 2 is 2.00 bits per heavy atom. The van der Waals surface area contributed by atoms with Gasteiger partial charge in [0.1, 0.15) is 6.04 Å². The first-order chi connectivity index (χ1) is 6.56. The molecular formula is C10H22Cl2N2O2. The predicted octanol–water partition coefficient (Wildman–Crippen LogP) is 1.33. The number of carbonyl (C=O) groups is 1. The van der Waals surface area contributed by atoms with E-state index >= 15 is 0 Å². The van der Waals surface area contributed by atoms with Crippen LogP contribution in [0.3, 0.4) is 0 Å². The fourth-order valence-electron chi connectivity index (χ4n) is 2.17. The lowest BCUT2D eigenvalue weighted by Crippen LogP contribution is -2.56. The SMILES string of the molecule is CCC(C(=O)O)N1CCN(C)CC1C.Cl.Cl. The molecule has 1 N–H and O–H groups in total. The molecule has 1 saturated heterocycles. The molecule has 1 heterocycles. The normalized spacial score (nSPS) is 24.1. The molecule has 0 aromatic heterocycles. The minimum absolute atomic E-state index is 0. The molecular weight excluding hydrogens is 251 g/mol. The topological polar surface area (TPSA) is 43.8 Å². The number of aliphatic carboxylic acids is 1. The maximum atomic E-state index is 11.0. The van der Waals surface area contributed by atoms with E-state index in [1.807, 2.05) is 6.92 Å². The molecule has 0 aromatic rings. The summed E-state index contributed by atoms with van der Waals surface area (Å²) in [6.07, 6.45) is 0.684. The van der Waals surface area contributed by atoms with Crippen LogP contribution in [0.2, 0.25) is 0 Å². The van der Waals surface area contributed by atoms with Crippen LogP contribution in [-0.4, -0.2) is 59.6 Å². The van der Waals surface area contributed by atoms with Gasteiger partial charge in [0.05, 0.1) is 0 Å². The van der Waals surface area contributed by atoms with Gasteiger partial charge in [-0.25, -0.2) is 0 Å². The number of hydrogen-bond acceptors (Lipinski definition) is 3. The van der Waals surface area contributed by atoms with E-state index in [0.29, 0.717) is 12.5 Å². The molecule has 0 spiro atoms. The number of carboxylic acid groups (broad SMARTS) is 1. The van der Waals surface area contributed by atoms with Crippen molar-refractivity contribution in [3.05, 3.63) is 0 Å². The fraction of sp³-hybridized carbons (Fsp3) is 0.900. The summed E-state index contributed by atoms with van der Waals surface area (Å²) in [7, 11) is 2.08. The minimum Gasteiger partial charge on any atom is -0.480 e. The van der Waals surface area contributed by atoms with Gasteiger partial charge in [-0.15, -0.1) is 24.8 Å². The van der Waals surface area contributed by atoms with Crippen LogP contribution in [-0.2, 0) is 4.79 Å². The number of likely N-dealkylation sites (N-methyl/N-ethyl adjacent to an activating group) is 1. The second kappa shape index (κ2) is 8.12. The Morgan fingerprint density at radius 3 is 2.38 bits per heavy atom. The van der Waals surface area contributed by atoms with E-state index in [9.17, 15) is 4.79 Å². The number of carboxylic acids is 1. The minimum atomic E-state index is -0.691. The van der Waals surface area contributed by atoms with Crippen LogP contribution in [0, 0.1) is 0 Å². The van der Waals surface area contributed by atoms with Gasteiger partial charge in [-0.3, -0.25) is 9.69 Å². The lowest BCUT2D eigenvalue weighted by atomic mass is 10.1. The highest BCUT2D eigenvalue weighted by atomic mass is 35.5. The van der Waals surface area contributed by atoms with Crippen molar-refractivity contribution in [3.63, 3.8) is 0 Å². The van der Waals surface area contributed by atoms with Crippen molar-refractivity contribution in [2.75, 3.05) is 26.7 Å². The largest absolute Gasteiger partial charge is 0.480 e. The van der Waals surface area contributed by atoms with Crippen LogP contribution in [0.4, 0.5) is 0 Å². The number of hydrogen-bond donors (Lipinski definition) is 1. The highest BCUT2D eigenvalue weighted by molar-refractivity contribution is 5.85. The molecule has 0 aromatic carbocycles. The summed E-state index contributed by atoms with van der Waals surface area (Å²) in [5.41, 5.74) is 0. The van der Waals surface area contributed by atoms with E-state index < -0.39 is 5.97 Å². The summed E-state index contributed by atoms with van der Waals surface area (Å²) >= 11 is 0. The first-order valence-electron chi connectivity index (χ1n) is 5.23. The quantitative estimate of drug-likeness (QED) is 0.842. The van der Waals surface area contributed by atoms with Gasteiger partial charge in [0.2, 0.25) is 0 Å². The van der Waals surface area contributed by atoms with Crippen molar-refractivity contribution in [2.24, 2.45) is 0 Å². The maximum Gasteiger partial charge on any atom is 0.320 e. The maximum absolute atomic E-state index is 11.0. The molecule has 2 atom stereocenters. The summed E-state index contributed by atoms with van der Waals surface area (Å²) in [6, 6.07) is 0.0356. The van der Waals surface area contributed by atoms with Crippen LogP contribution >= 0.6 is 24.8 Å². The Morgan fingerprint density at radius 1 is 1.44 bits per heavy atom. The lowest BCUT2D eigenvalue weighted by molar-refractivity contribution is -0.145. The van der Waals surface area contributed by atoms with E-state index in [4.69, 9.17) is 5.11 Å². The second-order valence-electron chi connectivity index (χ2n) is 4.11. The van der Waals surface area contributed by atoms with E-state index in [1.54, 1.807) is 0 Å². The molecule has 0 saturated carbocycles. The van der Waals surface area contributed by atoms with Crippen LogP contribution in [0.25, 0.3) is 0 Å². The zero-order valence-corrected chi connectivity index (χ0v) is 11.7. The van der Waals surface area contributed by atoms with E-state index in [0.717, 1.165) is 19.6 Å². The van der Waals surface area contributed by atoms with Gasteiger partial charge in [0.25, 0.3) is 0 Å². The van der Waals surface area contributed by atoms with Crippen molar-refractivity contribution in [1.29, 1.82) is 0 Å². The molecule has 1 aliphatic heterocycles. The first-order valence-corrected chi connectivity index (χ1v) is 5.23. The molecule has 6 heteroatoms. The van der Waals surface area contributed by atoms with E-state index in [2.05, 4.69) is 23.8 Å². The van der Waals surface area contributed by atoms with E-state index in [1.165, 1.54) is 0 Å². The molecule has 0 amide bonds. The van der Waals surface area contributed by atoms with Crippen molar-refractivity contribution >= 4 is 30.8 Å². The van der Waals surface area contributed by atoms with Crippen LogP contribution in [0.5, 0.6) is 0 Å². The van der Waals surface area contributed by atoms with Crippen molar-refractivity contribution in [1.82, 2.24) is 9.80 Å². The summed E-state index contributed by atoms with van der Waals surface area (Å²) in [4.78, 5) is 15.3. The van der Waals surface area contributed by atoms with Crippen molar-refractivity contribution < 1.29 is 9.90 Å². The third kappa shape index (κ3) is 4.45. The van der Waals surface area contributed by atoms with Gasteiger partial charge in [0.15, 0.2) is 0 Å². The summed E-state index contributed by atoms with van der Waals surface area (Å²) in [6.45, 7) is 6.82. The van der Waals surface area contributed by atoms with E-state index in [-0.39, 0.29) is 30.9 Å². The fourth-order valence-corrected chi connectivity index (χ4v) is 2.17. The zero-order valence-electron chi connectivity index (χ0n) is 10.0. The van der Waals surface area contributed by atoms with Gasteiger partial charge >= 0.3 is 5.97 Å². The monoisotopic (exact) mass is 272 g/mol. The molecule has 4 nitrogen and oxygen atoms in total. The number of piperazine rings is 1. The Hall–Kier alpha value is -0.0300. The van der Waals surface area contributed by atoms with Crippen LogP contribution in [0.15, 0.2) is 0 Å². The molecule has 16 heavy (non-hydrogen) atoms. The molecule has 1 fully saturated rings. The van der Waals surface area contributed by atoms with Gasteiger partial charge in [-0.05, 0) is 20.4 Å². The number of rotatable bonds is 3. The highest BCUT2D eigenvalue weighted by Crippen LogP contribution is 2.14. The Balaban J connectivity index is 0. The third-order valence-electron chi connectivity index (χ3n) is 2.95. The van der Waals surface area contributed by atoms with Crippen LogP contribution < -0.4 is 0 Å². The van der Waals surface area contributed by atoms with Gasteiger partial charge in [-0.2, -0.15) is 0 Å². The molecule has 98 valence electrons. The molecule has 0 aliphatic carbocycles. The standard InChI is InChI=1S/C10H20N2O2.2ClH/c1-4-9(10(13)14)12-6-5-11(3)7-8(12)2;;/h8-9H,4-7H2,1-3H3,(H,13,14);2*1H. The Kier molecular flexibility index (Phi) is 9.30. The summed E-state index contributed by atoms with van der Waals surface area (Å²) in [5.74, 6) is -0.691. The number of halogens is 2. The smallest absolute Gasteiger partial charge is 0.320 e. The Bertz CT molecular complexity index is 217. The molecule has 1 aliphatic rings. The Labute approximate surface area is 110 Å². The van der Waals surface area contributed by atoms with Gasteiger partial charge in [-0.1, -0.05) is 6.92 Å². The second-order valence-corrected chi connectivity index (χ2v) is 4.11. The molecule has 0 radical (unpaired) electrons. The molecule has 2 unspecified atom stereocenters. The summed E-state index contributed by atoms with van der Waals surface area (Å²) in [5, 5.41) is 9.05. The zero-order chi connectivity index (χ0) is 10.7. The predicted molar refractivity (Wildman–Crippen MR) is 69.9 cm³/mol. The third-order valence-corrected chi connectivity index (χ3v) is 2.95.